The Kier molecular flexibility index (Phi) is 2.54. The molecule has 0 saturated heterocycles. The van der Waals surface area contributed by atoms with Crippen LogP contribution < -0.4 is 5.73 Å². The summed E-state index contributed by atoms with van der Waals surface area (Å²) in [6.07, 6.45) is 0. The van der Waals surface area contributed by atoms with E-state index in [-0.39, 0.29) is 5.12 Å². The molecule has 0 aliphatic rings. The van der Waals surface area contributed by atoms with E-state index in [1.54, 1.807) is 19.1 Å². The van der Waals surface area contributed by atoms with E-state index in [0.717, 1.165) is 10.6 Å². The highest BCUT2D eigenvalue weighted by atomic mass is 32.2. The van der Waals surface area contributed by atoms with Gasteiger partial charge < -0.3 is 5.73 Å². The summed E-state index contributed by atoms with van der Waals surface area (Å²) in [5, 5.41) is 0.0924. The molecule has 0 aromatic heterocycles. The van der Waals surface area contributed by atoms with E-state index in [0.29, 0.717) is 0 Å². The van der Waals surface area contributed by atoms with Gasteiger partial charge in [0.2, 0.25) is 0 Å². The molecule has 58 valence electrons. The first-order valence-corrected chi connectivity index (χ1v) is 4.04. The molecule has 2 N–H and O–H groups in total. The van der Waals surface area contributed by atoms with Crippen molar-refractivity contribution in [3.63, 3.8) is 0 Å². The summed E-state index contributed by atoms with van der Waals surface area (Å²) in [6, 6.07) is 7.24. The third-order valence-corrected chi connectivity index (χ3v) is 1.94. The molecule has 0 spiro atoms. The smallest absolute Gasteiger partial charge is 0.190 e. The van der Waals surface area contributed by atoms with E-state index >= 15 is 0 Å². The molecule has 11 heavy (non-hydrogen) atoms. The highest BCUT2D eigenvalue weighted by Crippen LogP contribution is 2.19. The topological polar surface area (TPSA) is 43.1 Å². The molecule has 0 aliphatic carbocycles. The lowest BCUT2D eigenvalue weighted by molar-refractivity contribution is -0.109. The van der Waals surface area contributed by atoms with Gasteiger partial charge in [0, 0.05) is 17.5 Å². The quantitative estimate of drug-likeness (QED) is 0.513. The van der Waals surface area contributed by atoms with Crippen LogP contribution in [0.25, 0.3) is 0 Å². The Bertz CT molecular complexity index is 255. The van der Waals surface area contributed by atoms with Gasteiger partial charge in [0.25, 0.3) is 0 Å². The number of carbonyl (C=O) groups excluding carboxylic acids is 1. The second-order valence-electron chi connectivity index (χ2n) is 2.16. The number of anilines is 1. The molecule has 0 atom stereocenters. The number of rotatable bonds is 1. The first-order chi connectivity index (χ1) is 5.18. The molecule has 1 aromatic carbocycles. The van der Waals surface area contributed by atoms with Crippen molar-refractivity contribution in [2.24, 2.45) is 0 Å². The van der Waals surface area contributed by atoms with Gasteiger partial charge in [-0.05, 0) is 24.3 Å². The standard InChI is InChI=1S/C8H9NOS/c1-6(10)11-8-4-2-7(9)3-5-8/h2-5H,9H2,1H3. The highest BCUT2D eigenvalue weighted by Gasteiger charge is 1.96. The summed E-state index contributed by atoms with van der Waals surface area (Å²) in [5.41, 5.74) is 6.18. The normalized spacial score (nSPS) is 9.55. The largest absolute Gasteiger partial charge is 0.399 e. The number of benzene rings is 1. The highest BCUT2D eigenvalue weighted by molar-refractivity contribution is 8.13. The lowest BCUT2D eigenvalue weighted by atomic mass is 10.3. The Morgan fingerprint density at radius 3 is 2.36 bits per heavy atom. The molecule has 1 rings (SSSR count). The van der Waals surface area contributed by atoms with Gasteiger partial charge >= 0.3 is 0 Å². The summed E-state index contributed by atoms with van der Waals surface area (Å²) in [7, 11) is 0. The number of hydrogen-bond acceptors (Lipinski definition) is 3. The summed E-state index contributed by atoms with van der Waals surface area (Å²) in [5.74, 6) is 0. The minimum Gasteiger partial charge on any atom is -0.399 e. The van der Waals surface area contributed by atoms with Crippen molar-refractivity contribution in [1.29, 1.82) is 0 Å². The van der Waals surface area contributed by atoms with E-state index in [9.17, 15) is 4.79 Å². The predicted octanol–water partition coefficient (Wildman–Crippen LogP) is 1.91. The average Bonchev–Trinajstić information content (AvgIpc) is 1.93. The Morgan fingerprint density at radius 2 is 1.91 bits per heavy atom. The first-order valence-electron chi connectivity index (χ1n) is 3.22. The van der Waals surface area contributed by atoms with E-state index in [1.165, 1.54) is 11.8 Å². The SMILES string of the molecule is CC(=O)Sc1ccc(N)cc1. The van der Waals surface area contributed by atoms with Crippen molar-refractivity contribution in [3.8, 4) is 0 Å². The number of carbonyl (C=O) groups is 1. The molecule has 1 aromatic rings. The zero-order chi connectivity index (χ0) is 8.27. The second kappa shape index (κ2) is 3.44. The van der Waals surface area contributed by atoms with E-state index in [4.69, 9.17) is 5.73 Å². The van der Waals surface area contributed by atoms with Crippen molar-refractivity contribution in [2.45, 2.75) is 11.8 Å². The van der Waals surface area contributed by atoms with Crippen LogP contribution in [0.4, 0.5) is 5.69 Å². The van der Waals surface area contributed by atoms with Crippen molar-refractivity contribution in [3.05, 3.63) is 24.3 Å². The summed E-state index contributed by atoms with van der Waals surface area (Å²) in [6.45, 7) is 1.54. The molecule has 0 unspecified atom stereocenters. The van der Waals surface area contributed by atoms with Crippen molar-refractivity contribution in [1.82, 2.24) is 0 Å². The van der Waals surface area contributed by atoms with Crippen LogP contribution in [0.3, 0.4) is 0 Å². The molecular formula is C8H9NOS. The maximum Gasteiger partial charge on any atom is 0.190 e. The molecule has 0 fully saturated rings. The fourth-order valence-corrected chi connectivity index (χ4v) is 1.31. The van der Waals surface area contributed by atoms with Crippen LogP contribution in [0.5, 0.6) is 0 Å². The molecular weight excluding hydrogens is 158 g/mol. The first kappa shape index (κ1) is 8.14. The predicted molar refractivity (Wildman–Crippen MR) is 47.4 cm³/mol. The third kappa shape index (κ3) is 2.63. The van der Waals surface area contributed by atoms with Gasteiger partial charge in [-0.15, -0.1) is 0 Å². The van der Waals surface area contributed by atoms with Gasteiger partial charge in [-0.25, -0.2) is 0 Å². The Hall–Kier alpha value is -0.960. The molecule has 0 bridgehead atoms. The Labute approximate surface area is 69.8 Å². The van der Waals surface area contributed by atoms with Crippen LogP contribution in [-0.4, -0.2) is 5.12 Å². The maximum absolute atomic E-state index is 10.6. The summed E-state index contributed by atoms with van der Waals surface area (Å²) >= 11 is 1.21. The fraction of sp³-hybridized carbons (Fsp3) is 0.125. The van der Waals surface area contributed by atoms with Crippen molar-refractivity contribution >= 4 is 22.6 Å². The van der Waals surface area contributed by atoms with Crippen LogP contribution in [0.2, 0.25) is 0 Å². The molecule has 0 saturated carbocycles. The van der Waals surface area contributed by atoms with Crippen LogP contribution in [0.15, 0.2) is 29.2 Å². The molecule has 0 aliphatic heterocycles. The van der Waals surface area contributed by atoms with Gasteiger partial charge in [-0.1, -0.05) is 11.8 Å². The number of nitrogen functional groups attached to an aromatic ring is 1. The Morgan fingerprint density at radius 1 is 1.36 bits per heavy atom. The molecule has 3 heteroatoms. The fourth-order valence-electron chi connectivity index (χ4n) is 0.702. The van der Waals surface area contributed by atoms with Crippen LogP contribution in [0.1, 0.15) is 6.92 Å². The van der Waals surface area contributed by atoms with Crippen molar-refractivity contribution < 1.29 is 4.79 Å². The van der Waals surface area contributed by atoms with Gasteiger partial charge in [0.05, 0.1) is 0 Å². The minimum atomic E-state index is 0.0924. The third-order valence-electron chi connectivity index (χ3n) is 1.14. The zero-order valence-electron chi connectivity index (χ0n) is 6.20. The van der Waals surface area contributed by atoms with E-state index in [1.807, 2.05) is 12.1 Å². The van der Waals surface area contributed by atoms with Gasteiger partial charge in [-0.3, -0.25) is 4.79 Å². The average molecular weight is 167 g/mol. The summed E-state index contributed by atoms with van der Waals surface area (Å²) < 4.78 is 0. The monoisotopic (exact) mass is 167 g/mol. The molecule has 0 heterocycles. The zero-order valence-corrected chi connectivity index (χ0v) is 7.02. The van der Waals surface area contributed by atoms with E-state index < -0.39 is 0 Å². The van der Waals surface area contributed by atoms with Crippen LogP contribution in [0, 0.1) is 0 Å². The summed E-state index contributed by atoms with van der Waals surface area (Å²) in [4.78, 5) is 11.6. The molecule has 0 radical (unpaired) electrons. The molecule has 2 nitrogen and oxygen atoms in total. The second-order valence-corrected chi connectivity index (χ2v) is 3.41. The molecule has 0 amide bonds. The lowest BCUT2D eigenvalue weighted by Gasteiger charge is -1.96. The minimum absolute atomic E-state index is 0.0924. The van der Waals surface area contributed by atoms with Crippen LogP contribution in [-0.2, 0) is 4.79 Å². The maximum atomic E-state index is 10.6. The number of nitrogens with two attached hydrogens (primary N) is 1. The van der Waals surface area contributed by atoms with Crippen molar-refractivity contribution in [2.75, 3.05) is 5.73 Å². The van der Waals surface area contributed by atoms with E-state index in [2.05, 4.69) is 0 Å². The Balaban J connectivity index is 2.74. The van der Waals surface area contributed by atoms with Gasteiger partial charge in [0.1, 0.15) is 0 Å². The van der Waals surface area contributed by atoms with Gasteiger partial charge in [0.15, 0.2) is 5.12 Å². The lowest BCUT2D eigenvalue weighted by Crippen LogP contribution is -1.84. The number of hydrogen-bond donors (Lipinski definition) is 1. The van der Waals surface area contributed by atoms with Crippen LogP contribution >= 0.6 is 11.8 Å². The number of thioether (sulfide) groups is 1. The van der Waals surface area contributed by atoms with Gasteiger partial charge in [-0.2, -0.15) is 0 Å².